The van der Waals surface area contributed by atoms with Crippen LogP contribution in [-0.4, -0.2) is 11.2 Å². The average Bonchev–Trinajstić information content (AvgIpc) is 2.15. The summed E-state index contributed by atoms with van der Waals surface area (Å²) in [6.07, 6.45) is -4.98. The molecule has 0 spiro atoms. The maximum Gasteiger partial charge on any atom is 0.423 e. The maximum absolute atomic E-state index is 12.4. The standard InChI is InChI=1S/C8H4F3NO3/c9-8(10,11)7-5(4-13)2-1-3-6(7)12(14)15/h1-4H. The summed E-state index contributed by atoms with van der Waals surface area (Å²) in [5, 5.41) is 10.3. The van der Waals surface area contributed by atoms with Crippen LogP contribution in [0.25, 0.3) is 0 Å². The lowest BCUT2D eigenvalue weighted by Crippen LogP contribution is -2.12. The van der Waals surface area contributed by atoms with Crippen molar-refractivity contribution in [2.75, 3.05) is 0 Å². The molecule has 0 radical (unpaired) electrons. The summed E-state index contributed by atoms with van der Waals surface area (Å²) in [5.41, 5.74) is -3.37. The van der Waals surface area contributed by atoms with E-state index in [1.807, 2.05) is 0 Å². The first-order valence-corrected chi connectivity index (χ1v) is 3.67. The van der Waals surface area contributed by atoms with Gasteiger partial charge in [-0.25, -0.2) is 0 Å². The lowest BCUT2D eigenvalue weighted by Gasteiger charge is -2.08. The Hall–Kier alpha value is -1.92. The Morgan fingerprint density at radius 2 is 1.93 bits per heavy atom. The molecule has 0 fully saturated rings. The van der Waals surface area contributed by atoms with Gasteiger partial charge in [-0.3, -0.25) is 14.9 Å². The predicted octanol–water partition coefficient (Wildman–Crippen LogP) is 2.43. The van der Waals surface area contributed by atoms with E-state index >= 15 is 0 Å². The van der Waals surface area contributed by atoms with Crippen molar-refractivity contribution in [2.24, 2.45) is 0 Å². The smallest absolute Gasteiger partial charge is 0.298 e. The van der Waals surface area contributed by atoms with Gasteiger partial charge in [0.1, 0.15) is 5.56 Å². The average molecular weight is 219 g/mol. The number of rotatable bonds is 2. The van der Waals surface area contributed by atoms with E-state index in [-0.39, 0.29) is 6.29 Å². The van der Waals surface area contributed by atoms with Crippen LogP contribution in [0.1, 0.15) is 15.9 Å². The van der Waals surface area contributed by atoms with E-state index in [2.05, 4.69) is 0 Å². The molecule has 0 aliphatic carbocycles. The number of benzene rings is 1. The molecule has 0 aromatic heterocycles. The van der Waals surface area contributed by atoms with Gasteiger partial charge in [0.15, 0.2) is 6.29 Å². The Balaban J connectivity index is 3.54. The highest BCUT2D eigenvalue weighted by molar-refractivity contribution is 5.80. The highest BCUT2D eigenvalue weighted by Crippen LogP contribution is 2.37. The zero-order valence-corrected chi connectivity index (χ0v) is 7.12. The van der Waals surface area contributed by atoms with Crippen molar-refractivity contribution < 1.29 is 22.9 Å². The largest absolute Gasteiger partial charge is 0.423 e. The molecule has 0 heterocycles. The fourth-order valence-electron chi connectivity index (χ4n) is 1.12. The van der Waals surface area contributed by atoms with Crippen molar-refractivity contribution in [3.05, 3.63) is 39.4 Å². The minimum Gasteiger partial charge on any atom is -0.298 e. The van der Waals surface area contributed by atoms with Gasteiger partial charge in [0.2, 0.25) is 0 Å². The SMILES string of the molecule is O=Cc1cccc([N+](=O)[O-])c1C(F)(F)F. The van der Waals surface area contributed by atoms with Gasteiger partial charge >= 0.3 is 6.18 Å². The maximum atomic E-state index is 12.4. The van der Waals surface area contributed by atoms with Gasteiger partial charge in [0, 0.05) is 11.6 Å². The van der Waals surface area contributed by atoms with Crippen molar-refractivity contribution in [3.8, 4) is 0 Å². The first kappa shape index (κ1) is 11.2. The molecule has 0 aliphatic rings. The van der Waals surface area contributed by atoms with Crippen molar-refractivity contribution >= 4 is 12.0 Å². The van der Waals surface area contributed by atoms with Crippen molar-refractivity contribution in [3.63, 3.8) is 0 Å². The molecule has 0 saturated carbocycles. The lowest BCUT2D eigenvalue weighted by atomic mass is 10.1. The summed E-state index contributed by atoms with van der Waals surface area (Å²) >= 11 is 0. The molecule has 0 amide bonds. The number of nitro benzene ring substituents is 1. The van der Waals surface area contributed by atoms with Gasteiger partial charge in [0.05, 0.1) is 4.92 Å². The van der Waals surface area contributed by atoms with Crippen LogP contribution in [0.2, 0.25) is 0 Å². The monoisotopic (exact) mass is 219 g/mol. The number of nitrogens with zero attached hydrogens (tertiary/aromatic N) is 1. The van der Waals surface area contributed by atoms with Crippen LogP contribution in [0, 0.1) is 10.1 Å². The Labute approximate surface area is 81.5 Å². The van der Waals surface area contributed by atoms with Crippen molar-refractivity contribution in [1.82, 2.24) is 0 Å². The first-order valence-electron chi connectivity index (χ1n) is 3.67. The van der Waals surface area contributed by atoms with E-state index in [1.54, 1.807) is 0 Å². The Morgan fingerprint density at radius 3 is 2.33 bits per heavy atom. The fraction of sp³-hybridized carbons (Fsp3) is 0.125. The Bertz CT molecular complexity index is 414. The summed E-state index contributed by atoms with van der Waals surface area (Å²) in [6.45, 7) is 0. The topological polar surface area (TPSA) is 60.2 Å². The zero-order valence-electron chi connectivity index (χ0n) is 7.12. The quantitative estimate of drug-likeness (QED) is 0.436. The third-order valence-electron chi connectivity index (χ3n) is 1.68. The van der Waals surface area contributed by atoms with E-state index in [0.29, 0.717) is 6.07 Å². The normalized spacial score (nSPS) is 11.1. The highest BCUT2D eigenvalue weighted by atomic mass is 19.4. The molecule has 0 saturated heterocycles. The summed E-state index contributed by atoms with van der Waals surface area (Å²) in [5.74, 6) is 0. The minimum atomic E-state index is -4.92. The number of hydrogen-bond donors (Lipinski definition) is 0. The molecule has 0 atom stereocenters. The van der Waals surface area contributed by atoms with E-state index < -0.39 is 27.9 Å². The fourth-order valence-corrected chi connectivity index (χ4v) is 1.12. The number of hydrogen-bond acceptors (Lipinski definition) is 3. The molecule has 0 N–H and O–H groups in total. The summed E-state index contributed by atoms with van der Waals surface area (Å²) in [7, 11) is 0. The second kappa shape index (κ2) is 3.68. The van der Waals surface area contributed by atoms with Crippen molar-refractivity contribution in [2.45, 2.75) is 6.18 Å². The molecule has 0 unspecified atom stereocenters. The molecule has 1 rings (SSSR count). The van der Waals surface area contributed by atoms with E-state index in [9.17, 15) is 28.1 Å². The van der Waals surface area contributed by atoms with Crippen LogP contribution in [0.5, 0.6) is 0 Å². The molecular formula is C8H4F3NO3. The van der Waals surface area contributed by atoms with Crippen LogP contribution in [0.15, 0.2) is 18.2 Å². The van der Waals surface area contributed by atoms with Gasteiger partial charge in [-0.05, 0) is 0 Å². The van der Waals surface area contributed by atoms with Gasteiger partial charge in [-0.15, -0.1) is 0 Å². The molecule has 15 heavy (non-hydrogen) atoms. The number of aldehydes is 1. The Kier molecular flexibility index (Phi) is 2.74. The van der Waals surface area contributed by atoms with Gasteiger partial charge in [-0.1, -0.05) is 12.1 Å². The van der Waals surface area contributed by atoms with Crippen LogP contribution >= 0.6 is 0 Å². The van der Waals surface area contributed by atoms with Crippen LogP contribution in [-0.2, 0) is 6.18 Å². The lowest BCUT2D eigenvalue weighted by molar-refractivity contribution is -0.388. The van der Waals surface area contributed by atoms with E-state index in [4.69, 9.17) is 0 Å². The van der Waals surface area contributed by atoms with E-state index in [0.717, 1.165) is 12.1 Å². The van der Waals surface area contributed by atoms with Crippen LogP contribution in [0.4, 0.5) is 18.9 Å². The third kappa shape index (κ3) is 2.12. The molecule has 0 bridgehead atoms. The number of carbonyl (C=O) groups excluding carboxylic acids is 1. The number of halogens is 3. The molecule has 1 aromatic rings. The van der Waals surface area contributed by atoms with Crippen molar-refractivity contribution in [1.29, 1.82) is 0 Å². The highest BCUT2D eigenvalue weighted by Gasteiger charge is 2.40. The van der Waals surface area contributed by atoms with Crippen LogP contribution in [0.3, 0.4) is 0 Å². The van der Waals surface area contributed by atoms with E-state index in [1.165, 1.54) is 0 Å². The van der Waals surface area contributed by atoms with Crippen LogP contribution < -0.4 is 0 Å². The number of carbonyl (C=O) groups is 1. The molecular weight excluding hydrogens is 215 g/mol. The number of nitro groups is 1. The molecule has 4 nitrogen and oxygen atoms in total. The second-order valence-electron chi connectivity index (χ2n) is 2.61. The minimum absolute atomic E-state index is 0.0597. The molecule has 0 aliphatic heterocycles. The summed E-state index contributed by atoms with van der Waals surface area (Å²) < 4.78 is 37.2. The third-order valence-corrected chi connectivity index (χ3v) is 1.68. The Morgan fingerprint density at radius 1 is 1.33 bits per heavy atom. The predicted molar refractivity (Wildman–Crippen MR) is 43.5 cm³/mol. The zero-order chi connectivity index (χ0) is 11.6. The summed E-state index contributed by atoms with van der Waals surface area (Å²) in [4.78, 5) is 19.5. The summed E-state index contributed by atoms with van der Waals surface area (Å²) in [6, 6.07) is 2.61. The second-order valence-corrected chi connectivity index (χ2v) is 2.61. The van der Waals surface area contributed by atoms with Gasteiger partial charge in [0.25, 0.3) is 5.69 Å². The first-order chi connectivity index (χ1) is 6.88. The number of alkyl halides is 3. The molecule has 1 aromatic carbocycles. The van der Waals surface area contributed by atoms with Gasteiger partial charge in [-0.2, -0.15) is 13.2 Å². The molecule has 7 heteroatoms. The molecule has 80 valence electrons. The van der Waals surface area contributed by atoms with Gasteiger partial charge < -0.3 is 0 Å².